The third-order valence-electron chi connectivity index (χ3n) is 3.26. The summed E-state index contributed by atoms with van der Waals surface area (Å²) in [5, 5.41) is 5.69. The summed E-state index contributed by atoms with van der Waals surface area (Å²) in [5.41, 5.74) is 3.75. The molecule has 0 aromatic heterocycles. The number of carbonyl (C=O) groups excluding carboxylic acids is 2. The Morgan fingerprint density at radius 3 is 2.21 bits per heavy atom. The number of hydrogen-bond acceptors (Lipinski definition) is 3. The molecule has 0 aliphatic carbocycles. The summed E-state index contributed by atoms with van der Waals surface area (Å²) in [6, 6.07) is 13.5. The van der Waals surface area contributed by atoms with Crippen LogP contribution in [0.25, 0.3) is 0 Å². The van der Waals surface area contributed by atoms with Crippen LogP contribution in [0.4, 0.5) is 11.4 Å². The van der Waals surface area contributed by atoms with E-state index >= 15 is 0 Å². The Morgan fingerprint density at radius 2 is 1.58 bits per heavy atom. The van der Waals surface area contributed by atoms with Crippen LogP contribution in [0.5, 0.6) is 0 Å². The van der Waals surface area contributed by atoms with Crippen molar-refractivity contribution in [1.29, 1.82) is 0 Å². The van der Waals surface area contributed by atoms with E-state index in [2.05, 4.69) is 33.2 Å². The summed E-state index contributed by atoms with van der Waals surface area (Å²) < 4.78 is 1.13. The Morgan fingerprint density at radius 1 is 0.958 bits per heavy atom. The number of benzene rings is 2. The molecule has 0 atom stereocenters. The highest BCUT2D eigenvalue weighted by molar-refractivity contribution is 14.1. The van der Waals surface area contributed by atoms with E-state index in [1.807, 2.05) is 56.3 Å². The van der Waals surface area contributed by atoms with Gasteiger partial charge in [-0.3, -0.25) is 9.59 Å². The number of hydrogen-bond donors (Lipinski definition) is 2. The molecule has 2 aromatic rings. The average Bonchev–Trinajstić information content (AvgIpc) is 2.52. The zero-order chi connectivity index (χ0) is 17.5. The van der Waals surface area contributed by atoms with E-state index in [0.29, 0.717) is 0 Å². The minimum atomic E-state index is -0.109. The van der Waals surface area contributed by atoms with Crippen molar-refractivity contribution < 1.29 is 9.59 Å². The van der Waals surface area contributed by atoms with E-state index in [9.17, 15) is 9.59 Å². The Labute approximate surface area is 159 Å². The zero-order valence-corrected chi connectivity index (χ0v) is 16.5. The Balaban J connectivity index is 1.73. The first-order valence-corrected chi connectivity index (χ1v) is 9.67. The van der Waals surface area contributed by atoms with Gasteiger partial charge in [0, 0.05) is 14.9 Å². The minimum absolute atomic E-state index is 0.104. The van der Waals surface area contributed by atoms with E-state index in [4.69, 9.17) is 0 Å². The normalized spacial score (nSPS) is 10.3. The highest BCUT2D eigenvalue weighted by atomic mass is 127. The molecule has 0 heterocycles. The lowest BCUT2D eigenvalue weighted by molar-refractivity contribution is -0.114. The van der Waals surface area contributed by atoms with Crippen LogP contribution < -0.4 is 10.6 Å². The van der Waals surface area contributed by atoms with Crippen LogP contribution in [-0.4, -0.2) is 23.3 Å². The molecule has 6 heteroatoms. The molecule has 0 radical (unpaired) electrons. The molecule has 2 aromatic carbocycles. The van der Waals surface area contributed by atoms with E-state index < -0.39 is 0 Å². The quantitative estimate of drug-likeness (QED) is 0.643. The van der Waals surface area contributed by atoms with Crippen LogP contribution in [0.15, 0.2) is 42.5 Å². The lowest BCUT2D eigenvalue weighted by Crippen LogP contribution is -2.18. The third kappa shape index (κ3) is 6.16. The van der Waals surface area contributed by atoms with Gasteiger partial charge in [0.15, 0.2) is 0 Å². The molecule has 4 nitrogen and oxygen atoms in total. The second-order valence-corrected chi connectivity index (χ2v) is 7.65. The van der Waals surface area contributed by atoms with Crippen molar-refractivity contribution in [2.24, 2.45) is 0 Å². The minimum Gasteiger partial charge on any atom is -0.325 e. The summed E-state index contributed by atoms with van der Waals surface area (Å²) in [6.45, 7) is 3.95. The maximum atomic E-state index is 12.0. The van der Waals surface area contributed by atoms with Gasteiger partial charge in [0.25, 0.3) is 0 Å². The largest absolute Gasteiger partial charge is 0.325 e. The summed E-state index contributed by atoms with van der Waals surface area (Å²) >= 11 is 3.53. The molecule has 0 saturated heterocycles. The zero-order valence-electron chi connectivity index (χ0n) is 13.6. The molecule has 2 rings (SSSR count). The lowest BCUT2D eigenvalue weighted by atomic mass is 10.2. The smallest absolute Gasteiger partial charge is 0.234 e. The second-order valence-electron chi connectivity index (χ2n) is 5.41. The van der Waals surface area contributed by atoms with Crippen molar-refractivity contribution in [3.63, 3.8) is 0 Å². The number of nitrogens with one attached hydrogen (secondary N) is 2. The summed E-state index contributed by atoms with van der Waals surface area (Å²) in [6.07, 6.45) is 0. The van der Waals surface area contributed by atoms with Gasteiger partial charge in [-0.1, -0.05) is 17.7 Å². The van der Waals surface area contributed by atoms with Gasteiger partial charge in [-0.2, -0.15) is 0 Å². The SMILES string of the molecule is Cc1ccc(NC(=O)CSCC(=O)Nc2ccc(I)cc2C)cc1. The highest BCUT2D eigenvalue weighted by Crippen LogP contribution is 2.18. The first-order valence-electron chi connectivity index (χ1n) is 7.44. The molecular formula is C18H19IN2O2S. The van der Waals surface area contributed by atoms with Crippen LogP contribution >= 0.6 is 34.4 Å². The van der Waals surface area contributed by atoms with Crippen molar-refractivity contribution >= 4 is 57.5 Å². The summed E-state index contributed by atoms with van der Waals surface area (Å²) in [4.78, 5) is 23.8. The highest BCUT2D eigenvalue weighted by Gasteiger charge is 2.08. The average molecular weight is 454 g/mol. The predicted octanol–water partition coefficient (Wildman–Crippen LogP) is 4.22. The standard InChI is InChI=1S/C18H19IN2O2S/c1-12-3-6-15(7-4-12)20-17(22)10-24-11-18(23)21-16-8-5-14(19)9-13(16)2/h3-9H,10-11H2,1-2H3,(H,20,22)(H,21,23). The maximum absolute atomic E-state index is 12.0. The number of carbonyl (C=O) groups is 2. The van der Waals surface area contributed by atoms with Gasteiger partial charge in [0.1, 0.15) is 0 Å². The Bertz CT molecular complexity index is 732. The molecule has 0 bridgehead atoms. The first kappa shape index (κ1) is 18.8. The van der Waals surface area contributed by atoms with E-state index in [1.54, 1.807) is 0 Å². The maximum Gasteiger partial charge on any atom is 0.234 e. The topological polar surface area (TPSA) is 58.2 Å². The molecule has 24 heavy (non-hydrogen) atoms. The van der Waals surface area contributed by atoms with Crippen molar-refractivity contribution in [1.82, 2.24) is 0 Å². The van der Waals surface area contributed by atoms with Gasteiger partial charge in [-0.05, 0) is 72.3 Å². The van der Waals surface area contributed by atoms with E-state index in [1.165, 1.54) is 11.8 Å². The van der Waals surface area contributed by atoms with E-state index in [-0.39, 0.29) is 23.3 Å². The molecule has 126 valence electrons. The second kappa shape index (κ2) is 9.08. The fourth-order valence-electron chi connectivity index (χ4n) is 2.02. The van der Waals surface area contributed by atoms with Gasteiger partial charge in [-0.25, -0.2) is 0 Å². The number of thioether (sulfide) groups is 1. The molecule has 0 saturated carbocycles. The first-order chi connectivity index (χ1) is 11.4. The van der Waals surface area contributed by atoms with Gasteiger partial charge in [-0.15, -0.1) is 11.8 Å². The van der Waals surface area contributed by atoms with Crippen molar-refractivity contribution in [2.75, 3.05) is 22.1 Å². The van der Waals surface area contributed by atoms with Crippen LogP contribution in [0.1, 0.15) is 11.1 Å². The molecule has 0 aliphatic heterocycles. The fraction of sp³-hybridized carbons (Fsp3) is 0.222. The lowest BCUT2D eigenvalue weighted by Gasteiger charge is -2.09. The van der Waals surface area contributed by atoms with Crippen molar-refractivity contribution in [3.05, 3.63) is 57.2 Å². The van der Waals surface area contributed by atoms with Crippen molar-refractivity contribution in [2.45, 2.75) is 13.8 Å². The van der Waals surface area contributed by atoms with Crippen LogP contribution in [0, 0.1) is 17.4 Å². The molecule has 2 N–H and O–H groups in total. The Hall–Kier alpha value is -1.54. The summed E-state index contributed by atoms with van der Waals surface area (Å²) in [5.74, 6) is 0.272. The molecule has 0 spiro atoms. The van der Waals surface area contributed by atoms with Crippen LogP contribution in [0.3, 0.4) is 0 Å². The molecule has 0 aliphatic rings. The number of halogens is 1. The molecule has 0 unspecified atom stereocenters. The number of amides is 2. The number of anilines is 2. The van der Waals surface area contributed by atoms with Crippen LogP contribution in [0.2, 0.25) is 0 Å². The third-order valence-corrected chi connectivity index (χ3v) is 4.87. The number of rotatable bonds is 6. The molecule has 2 amide bonds. The van der Waals surface area contributed by atoms with Crippen molar-refractivity contribution in [3.8, 4) is 0 Å². The Kier molecular flexibility index (Phi) is 7.11. The molecular weight excluding hydrogens is 435 g/mol. The van der Waals surface area contributed by atoms with E-state index in [0.717, 1.165) is 26.1 Å². The van der Waals surface area contributed by atoms with Crippen LogP contribution in [-0.2, 0) is 9.59 Å². The monoisotopic (exact) mass is 454 g/mol. The number of aryl methyl sites for hydroxylation is 2. The predicted molar refractivity (Wildman–Crippen MR) is 110 cm³/mol. The van der Waals surface area contributed by atoms with Gasteiger partial charge >= 0.3 is 0 Å². The molecule has 0 fully saturated rings. The van der Waals surface area contributed by atoms with Gasteiger partial charge < -0.3 is 10.6 Å². The van der Waals surface area contributed by atoms with Gasteiger partial charge in [0.2, 0.25) is 11.8 Å². The summed E-state index contributed by atoms with van der Waals surface area (Å²) in [7, 11) is 0. The van der Waals surface area contributed by atoms with Gasteiger partial charge in [0.05, 0.1) is 11.5 Å². The fourth-order valence-corrected chi connectivity index (χ4v) is 3.29.